The lowest BCUT2D eigenvalue weighted by molar-refractivity contribution is 0.306. The molecule has 0 aliphatic carbocycles. The topological polar surface area (TPSA) is 9.23 Å². The third-order valence-corrected chi connectivity index (χ3v) is 3.84. The van der Waals surface area contributed by atoms with Crippen molar-refractivity contribution in [2.45, 2.75) is 12.5 Å². The average Bonchev–Trinajstić information content (AvgIpc) is 2.61. The van der Waals surface area contributed by atoms with Gasteiger partial charge in [0, 0.05) is 5.88 Å². The fourth-order valence-electron chi connectivity index (χ4n) is 2.41. The van der Waals surface area contributed by atoms with E-state index in [4.69, 9.17) is 16.3 Å². The zero-order valence-corrected chi connectivity index (χ0v) is 13.0. The standard InChI is InChI=1S/C20H17ClO/c21-14-18-9-4-5-12-20(18)17-10-6-11-19(13-17)22-15-16-7-2-1-3-8-16/h1-13H,14-15H2. The minimum absolute atomic E-state index is 0.505. The maximum atomic E-state index is 6.03. The number of ether oxygens (including phenoxy) is 1. The van der Waals surface area contributed by atoms with Crippen LogP contribution in [0.1, 0.15) is 11.1 Å². The molecule has 2 heteroatoms. The molecule has 0 aliphatic rings. The van der Waals surface area contributed by atoms with Gasteiger partial charge in [0.05, 0.1) is 0 Å². The van der Waals surface area contributed by atoms with E-state index >= 15 is 0 Å². The van der Waals surface area contributed by atoms with Crippen LogP contribution in [0.2, 0.25) is 0 Å². The van der Waals surface area contributed by atoms with E-state index < -0.39 is 0 Å². The first kappa shape index (κ1) is 14.7. The Bertz CT molecular complexity index is 737. The fraction of sp³-hybridized carbons (Fsp3) is 0.100. The highest BCUT2D eigenvalue weighted by atomic mass is 35.5. The second-order valence-corrected chi connectivity index (χ2v) is 5.36. The highest BCUT2D eigenvalue weighted by molar-refractivity contribution is 6.17. The minimum Gasteiger partial charge on any atom is -0.489 e. The van der Waals surface area contributed by atoms with Gasteiger partial charge in [-0.05, 0) is 34.4 Å². The van der Waals surface area contributed by atoms with Crippen molar-refractivity contribution in [2.75, 3.05) is 0 Å². The first-order valence-corrected chi connectivity index (χ1v) is 7.81. The summed E-state index contributed by atoms with van der Waals surface area (Å²) in [6.45, 7) is 0.571. The van der Waals surface area contributed by atoms with Gasteiger partial charge in [-0.15, -0.1) is 11.6 Å². The predicted octanol–water partition coefficient (Wildman–Crippen LogP) is 5.67. The lowest BCUT2D eigenvalue weighted by atomic mass is 10.0. The van der Waals surface area contributed by atoms with Gasteiger partial charge in [0.15, 0.2) is 0 Å². The highest BCUT2D eigenvalue weighted by Crippen LogP contribution is 2.28. The van der Waals surface area contributed by atoms with Crippen LogP contribution in [-0.2, 0) is 12.5 Å². The Morgan fingerprint density at radius 3 is 2.36 bits per heavy atom. The van der Waals surface area contributed by atoms with Crippen LogP contribution in [0.4, 0.5) is 0 Å². The molecule has 22 heavy (non-hydrogen) atoms. The molecule has 0 heterocycles. The summed E-state index contributed by atoms with van der Waals surface area (Å²) in [6, 6.07) is 26.5. The first-order chi connectivity index (χ1) is 10.9. The molecule has 0 aliphatic heterocycles. The fourth-order valence-corrected chi connectivity index (χ4v) is 2.65. The third kappa shape index (κ3) is 3.49. The predicted molar refractivity (Wildman–Crippen MR) is 92.2 cm³/mol. The maximum absolute atomic E-state index is 6.03. The van der Waals surface area contributed by atoms with Crippen LogP contribution in [0, 0.1) is 0 Å². The summed E-state index contributed by atoms with van der Waals surface area (Å²) in [5, 5.41) is 0. The van der Waals surface area contributed by atoms with Crippen LogP contribution < -0.4 is 4.74 Å². The van der Waals surface area contributed by atoms with Crippen LogP contribution in [0.3, 0.4) is 0 Å². The van der Waals surface area contributed by atoms with E-state index in [-0.39, 0.29) is 0 Å². The van der Waals surface area contributed by atoms with Crippen molar-refractivity contribution in [1.82, 2.24) is 0 Å². The first-order valence-electron chi connectivity index (χ1n) is 7.28. The molecule has 0 spiro atoms. The molecule has 3 aromatic carbocycles. The van der Waals surface area contributed by atoms with Gasteiger partial charge in [-0.1, -0.05) is 66.7 Å². The number of alkyl halides is 1. The Hall–Kier alpha value is -2.25. The van der Waals surface area contributed by atoms with E-state index in [9.17, 15) is 0 Å². The number of hydrogen-bond donors (Lipinski definition) is 0. The Balaban J connectivity index is 1.81. The molecule has 0 N–H and O–H groups in total. The van der Waals surface area contributed by atoms with E-state index in [2.05, 4.69) is 36.4 Å². The van der Waals surface area contributed by atoms with Crippen LogP contribution in [0.5, 0.6) is 5.75 Å². The molecule has 1 nitrogen and oxygen atoms in total. The van der Waals surface area contributed by atoms with E-state index in [0.29, 0.717) is 12.5 Å². The normalized spacial score (nSPS) is 10.4. The number of rotatable bonds is 5. The van der Waals surface area contributed by atoms with Gasteiger partial charge in [0.25, 0.3) is 0 Å². The molecule has 0 unspecified atom stereocenters. The van der Waals surface area contributed by atoms with E-state index in [1.165, 1.54) is 0 Å². The molecule has 0 saturated carbocycles. The smallest absolute Gasteiger partial charge is 0.120 e. The van der Waals surface area contributed by atoms with Crippen molar-refractivity contribution in [1.29, 1.82) is 0 Å². The van der Waals surface area contributed by atoms with Gasteiger partial charge < -0.3 is 4.74 Å². The Labute approximate surface area is 136 Å². The maximum Gasteiger partial charge on any atom is 0.120 e. The SMILES string of the molecule is ClCc1ccccc1-c1cccc(OCc2ccccc2)c1. The van der Waals surface area contributed by atoms with Crippen LogP contribution >= 0.6 is 11.6 Å². The van der Waals surface area contributed by atoms with Crippen molar-refractivity contribution in [3.63, 3.8) is 0 Å². The Kier molecular flexibility index (Phi) is 4.77. The zero-order valence-electron chi connectivity index (χ0n) is 12.2. The van der Waals surface area contributed by atoms with Crippen molar-refractivity contribution in [2.24, 2.45) is 0 Å². The highest BCUT2D eigenvalue weighted by Gasteiger charge is 2.05. The molecule has 0 saturated heterocycles. The minimum atomic E-state index is 0.505. The molecule has 0 bridgehead atoms. The quantitative estimate of drug-likeness (QED) is 0.552. The summed E-state index contributed by atoms with van der Waals surface area (Å²) in [4.78, 5) is 0. The average molecular weight is 309 g/mol. The van der Waals surface area contributed by atoms with Gasteiger partial charge in [-0.25, -0.2) is 0 Å². The van der Waals surface area contributed by atoms with Crippen molar-refractivity contribution < 1.29 is 4.74 Å². The summed E-state index contributed by atoms with van der Waals surface area (Å²) in [5.74, 6) is 1.37. The van der Waals surface area contributed by atoms with Crippen LogP contribution in [0.15, 0.2) is 78.9 Å². The van der Waals surface area contributed by atoms with Gasteiger partial charge in [-0.2, -0.15) is 0 Å². The number of halogens is 1. The Morgan fingerprint density at radius 1 is 0.773 bits per heavy atom. The van der Waals surface area contributed by atoms with Gasteiger partial charge in [0.2, 0.25) is 0 Å². The molecule has 0 amide bonds. The molecule has 3 aromatic rings. The lowest BCUT2D eigenvalue weighted by Crippen LogP contribution is -1.95. The molecule has 0 fully saturated rings. The summed E-state index contributed by atoms with van der Waals surface area (Å²) >= 11 is 6.03. The Morgan fingerprint density at radius 2 is 1.55 bits per heavy atom. The second kappa shape index (κ2) is 7.15. The summed E-state index contributed by atoms with van der Waals surface area (Å²) in [6.07, 6.45) is 0. The summed E-state index contributed by atoms with van der Waals surface area (Å²) in [5.41, 5.74) is 4.57. The molecular weight excluding hydrogens is 292 g/mol. The number of benzene rings is 3. The number of hydrogen-bond acceptors (Lipinski definition) is 1. The molecule has 0 atom stereocenters. The molecular formula is C20H17ClO. The molecule has 0 radical (unpaired) electrons. The van der Waals surface area contributed by atoms with E-state index in [1.807, 2.05) is 42.5 Å². The van der Waals surface area contributed by atoms with Gasteiger partial charge in [0.1, 0.15) is 12.4 Å². The van der Waals surface area contributed by atoms with E-state index in [0.717, 1.165) is 28.0 Å². The summed E-state index contributed by atoms with van der Waals surface area (Å²) in [7, 11) is 0. The van der Waals surface area contributed by atoms with E-state index in [1.54, 1.807) is 0 Å². The van der Waals surface area contributed by atoms with Crippen LogP contribution in [0.25, 0.3) is 11.1 Å². The molecule has 110 valence electrons. The largest absolute Gasteiger partial charge is 0.489 e. The summed E-state index contributed by atoms with van der Waals surface area (Å²) < 4.78 is 5.89. The third-order valence-electron chi connectivity index (χ3n) is 3.55. The van der Waals surface area contributed by atoms with Gasteiger partial charge >= 0.3 is 0 Å². The van der Waals surface area contributed by atoms with Crippen molar-refractivity contribution in [3.05, 3.63) is 90.0 Å². The molecule has 3 rings (SSSR count). The monoisotopic (exact) mass is 308 g/mol. The van der Waals surface area contributed by atoms with Crippen molar-refractivity contribution >= 4 is 11.6 Å². The molecule has 0 aromatic heterocycles. The lowest BCUT2D eigenvalue weighted by Gasteiger charge is -2.10. The zero-order chi connectivity index (χ0) is 15.2. The van der Waals surface area contributed by atoms with Crippen LogP contribution in [-0.4, -0.2) is 0 Å². The van der Waals surface area contributed by atoms with Crippen molar-refractivity contribution in [3.8, 4) is 16.9 Å². The van der Waals surface area contributed by atoms with Gasteiger partial charge in [-0.3, -0.25) is 0 Å². The second-order valence-electron chi connectivity index (χ2n) is 5.09.